The van der Waals surface area contributed by atoms with Gasteiger partial charge in [-0.1, -0.05) is 19.3 Å². The van der Waals surface area contributed by atoms with Crippen LogP contribution in [-0.4, -0.2) is 40.3 Å². The van der Waals surface area contributed by atoms with Crippen LogP contribution in [0.5, 0.6) is 0 Å². The normalized spacial score (nSPS) is 26.1. The second-order valence-corrected chi connectivity index (χ2v) is 6.41. The molecule has 0 spiro atoms. The molecule has 5 heteroatoms. The van der Waals surface area contributed by atoms with Gasteiger partial charge in [0.2, 0.25) is 11.8 Å². The Morgan fingerprint density at radius 1 is 1.22 bits per heavy atom. The van der Waals surface area contributed by atoms with Crippen LogP contribution in [0.4, 0.5) is 0 Å². The second kappa shape index (κ2) is 6.57. The van der Waals surface area contributed by atoms with Crippen LogP contribution in [0.1, 0.15) is 44.9 Å². The van der Waals surface area contributed by atoms with Crippen molar-refractivity contribution in [1.82, 2.24) is 4.90 Å². The highest BCUT2D eigenvalue weighted by molar-refractivity contribution is 8.00. The maximum atomic E-state index is 12.3. The maximum Gasteiger partial charge on any atom is 0.243 e. The molecule has 1 atom stereocenters. The zero-order valence-electron chi connectivity index (χ0n) is 10.8. The summed E-state index contributed by atoms with van der Waals surface area (Å²) in [6, 6.07) is 0.179. The Morgan fingerprint density at radius 2 is 1.94 bits per heavy atom. The Hall–Kier alpha value is -0.550. The van der Waals surface area contributed by atoms with Crippen LogP contribution in [0.3, 0.4) is 0 Å². The van der Waals surface area contributed by atoms with Crippen LogP contribution < -0.4 is 5.73 Å². The van der Waals surface area contributed by atoms with Gasteiger partial charge in [-0.3, -0.25) is 14.5 Å². The first-order chi connectivity index (χ1) is 8.74. The lowest BCUT2D eigenvalue weighted by Crippen LogP contribution is -2.41. The SMILES string of the molecule is NCCCSC1CC(=O)N(C2CCCCC2)C1=O. The number of carbonyl (C=O) groups is 2. The summed E-state index contributed by atoms with van der Waals surface area (Å²) in [7, 11) is 0. The molecule has 4 nitrogen and oxygen atoms in total. The van der Waals surface area contributed by atoms with Crippen molar-refractivity contribution in [2.45, 2.75) is 56.2 Å². The number of imide groups is 1. The topological polar surface area (TPSA) is 63.4 Å². The van der Waals surface area contributed by atoms with E-state index < -0.39 is 0 Å². The molecule has 18 heavy (non-hydrogen) atoms. The Labute approximate surface area is 113 Å². The van der Waals surface area contributed by atoms with E-state index in [-0.39, 0.29) is 23.1 Å². The number of hydrogen-bond donors (Lipinski definition) is 1. The number of carbonyl (C=O) groups excluding carboxylic acids is 2. The van der Waals surface area contributed by atoms with E-state index in [0.29, 0.717) is 13.0 Å². The minimum atomic E-state index is -0.147. The van der Waals surface area contributed by atoms with Crippen molar-refractivity contribution in [1.29, 1.82) is 0 Å². The molecule has 0 aromatic carbocycles. The zero-order chi connectivity index (χ0) is 13.0. The Balaban J connectivity index is 1.91. The van der Waals surface area contributed by atoms with Crippen LogP contribution in [-0.2, 0) is 9.59 Å². The number of nitrogens with two attached hydrogens (primary N) is 1. The molecular formula is C13H22N2O2S. The minimum Gasteiger partial charge on any atom is -0.330 e. The molecule has 0 radical (unpaired) electrons. The summed E-state index contributed by atoms with van der Waals surface area (Å²) in [5.41, 5.74) is 5.44. The van der Waals surface area contributed by atoms with E-state index >= 15 is 0 Å². The molecule has 1 unspecified atom stereocenters. The highest BCUT2D eigenvalue weighted by Crippen LogP contribution is 2.31. The molecule has 1 saturated heterocycles. The largest absolute Gasteiger partial charge is 0.330 e. The zero-order valence-corrected chi connectivity index (χ0v) is 11.6. The van der Waals surface area contributed by atoms with Gasteiger partial charge in [-0.2, -0.15) is 0 Å². The fourth-order valence-corrected chi connectivity index (χ4v) is 3.92. The molecule has 1 heterocycles. The summed E-state index contributed by atoms with van der Waals surface area (Å²) < 4.78 is 0. The van der Waals surface area contributed by atoms with Crippen molar-refractivity contribution in [3.8, 4) is 0 Å². The molecule has 2 rings (SSSR count). The van der Waals surface area contributed by atoms with Crippen molar-refractivity contribution in [2.75, 3.05) is 12.3 Å². The third-order valence-electron chi connectivity index (χ3n) is 3.75. The molecule has 2 N–H and O–H groups in total. The highest BCUT2D eigenvalue weighted by atomic mass is 32.2. The number of nitrogens with zero attached hydrogens (tertiary/aromatic N) is 1. The summed E-state index contributed by atoms with van der Waals surface area (Å²) in [6.45, 7) is 0.647. The number of hydrogen-bond acceptors (Lipinski definition) is 4. The van der Waals surface area contributed by atoms with Crippen molar-refractivity contribution in [3.05, 3.63) is 0 Å². The number of rotatable bonds is 5. The lowest BCUT2D eigenvalue weighted by atomic mass is 9.94. The summed E-state index contributed by atoms with van der Waals surface area (Å²) in [5, 5.41) is -0.147. The molecule has 2 aliphatic rings. The molecule has 0 aromatic rings. The predicted octanol–water partition coefficient (Wildman–Crippen LogP) is 1.53. The maximum absolute atomic E-state index is 12.3. The Bertz CT molecular complexity index is 316. The van der Waals surface area contributed by atoms with Gasteiger partial charge in [0.1, 0.15) is 0 Å². The summed E-state index contributed by atoms with van der Waals surface area (Å²) in [4.78, 5) is 25.8. The molecule has 1 aliphatic heterocycles. The van der Waals surface area contributed by atoms with E-state index in [4.69, 9.17) is 5.73 Å². The van der Waals surface area contributed by atoms with Gasteiger partial charge in [0, 0.05) is 12.5 Å². The summed E-state index contributed by atoms with van der Waals surface area (Å²) >= 11 is 1.60. The van der Waals surface area contributed by atoms with Gasteiger partial charge in [0.05, 0.1) is 5.25 Å². The number of amides is 2. The first kappa shape index (κ1) is 13.9. The Kier molecular flexibility index (Phi) is 5.06. The monoisotopic (exact) mass is 270 g/mol. The summed E-state index contributed by atoms with van der Waals surface area (Å²) in [5.74, 6) is 0.963. The number of likely N-dealkylation sites (tertiary alicyclic amines) is 1. The smallest absolute Gasteiger partial charge is 0.243 e. The predicted molar refractivity (Wildman–Crippen MR) is 73.3 cm³/mol. The van der Waals surface area contributed by atoms with Crippen LogP contribution in [0.2, 0.25) is 0 Å². The highest BCUT2D eigenvalue weighted by Gasteiger charge is 2.42. The van der Waals surface area contributed by atoms with Gasteiger partial charge >= 0.3 is 0 Å². The van der Waals surface area contributed by atoms with Crippen LogP contribution in [0.25, 0.3) is 0 Å². The lowest BCUT2D eigenvalue weighted by molar-refractivity contribution is -0.141. The third-order valence-corrected chi connectivity index (χ3v) is 5.04. The van der Waals surface area contributed by atoms with Crippen LogP contribution >= 0.6 is 11.8 Å². The molecular weight excluding hydrogens is 248 g/mol. The quantitative estimate of drug-likeness (QED) is 0.608. The molecule has 102 valence electrons. The summed E-state index contributed by atoms with van der Waals surface area (Å²) in [6.07, 6.45) is 6.83. The number of thioether (sulfide) groups is 1. The van der Waals surface area contributed by atoms with Gasteiger partial charge < -0.3 is 5.73 Å². The van der Waals surface area contributed by atoms with E-state index in [2.05, 4.69) is 0 Å². The second-order valence-electron chi connectivity index (χ2n) is 5.10. The average Bonchev–Trinajstić information content (AvgIpc) is 2.66. The van der Waals surface area contributed by atoms with Crippen molar-refractivity contribution >= 4 is 23.6 Å². The van der Waals surface area contributed by atoms with Gasteiger partial charge in [-0.25, -0.2) is 0 Å². The van der Waals surface area contributed by atoms with E-state index in [1.165, 1.54) is 6.42 Å². The van der Waals surface area contributed by atoms with Gasteiger partial charge in [0.25, 0.3) is 0 Å². The molecule has 2 amide bonds. The average molecular weight is 270 g/mol. The molecule has 0 aromatic heterocycles. The fraction of sp³-hybridized carbons (Fsp3) is 0.846. The van der Waals surface area contributed by atoms with E-state index in [9.17, 15) is 9.59 Å². The van der Waals surface area contributed by atoms with Crippen molar-refractivity contribution < 1.29 is 9.59 Å². The standard InChI is InChI=1S/C13H22N2O2S/c14-7-4-8-18-11-9-12(16)15(13(11)17)10-5-2-1-3-6-10/h10-11H,1-9,14H2. The third kappa shape index (κ3) is 3.06. The van der Waals surface area contributed by atoms with Crippen molar-refractivity contribution in [3.63, 3.8) is 0 Å². The molecule has 2 fully saturated rings. The van der Waals surface area contributed by atoms with Crippen molar-refractivity contribution in [2.24, 2.45) is 5.73 Å². The first-order valence-corrected chi connectivity index (χ1v) is 7.96. The van der Waals surface area contributed by atoms with E-state index in [1.54, 1.807) is 16.7 Å². The van der Waals surface area contributed by atoms with Crippen LogP contribution in [0, 0.1) is 0 Å². The molecule has 1 saturated carbocycles. The Morgan fingerprint density at radius 3 is 2.61 bits per heavy atom. The lowest BCUT2D eigenvalue weighted by Gasteiger charge is -2.29. The molecule has 0 bridgehead atoms. The minimum absolute atomic E-state index is 0.0390. The van der Waals surface area contributed by atoms with Gasteiger partial charge in [0.15, 0.2) is 0 Å². The molecule has 1 aliphatic carbocycles. The first-order valence-electron chi connectivity index (χ1n) is 6.91. The van der Waals surface area contributed by atoms with Gasteiger partial charge in [-0.15, -0.1) is 11.8 Å². The fourth-order valence-electron chi connectivity index (χ4n) is 2.78. The van der Waals surface area contributed by atoms with Gasteiger partial charge in [-0.05, 0) is 31.6 Å². The van der Waals surface area contributed by atoms with Crippen LogP contribution in [0.15, 0.2) is 0 Å². The van der Waals surface area contributed by atoms with E-state index in [0.717, 1.165) is 37.9 Å². The van der Waals surface area contributed by atoms with E-state index in [1.807, 2.05) is 0 Å².